The van der Waals surface area contributed by atoms with Crippen molar-refractivity contribution in [2.24, 2.45) is 4.99 Å². The van der Waals surface area contributed by atoms with Crippen LogP contribution in [-0.4, -0.2) is 31.6 Å². The SMILES string of the molecule is COc1ccc(C(C)(C)c2ccc(OC(=O)CCN3c4ccccc4C(C)(C)C34C=Nc3c(ccc5ccccc35)O4)cc2)cc1. The molecule has 2 heterocycles. The summed E-state index contributed by atoms with van der Waals surface area (Å²) in [5, 5.41) is 2.16. The van der Waals surface area contributed by atoms with E-state index in [-0.39, 0.29) is 17.8 Å². The number of carbonyl (C=O) groups is 1. The number of para-hydroxylation sites is 1. The summed E-state index contributed by atoms with van der Waals surface area (Å²) in [6.45, 7) is 9.11. The van der Waals surface area contributed by atoms with E-state index in [4.69, 9.17) is 19.2 Å². The summed E-state index contributed by atoms with van der Waals surface area (Å²) in [5.41, 5.74) is 3.70. The number of rotatable bonds is 7. The molecule has 6 heteroatoms. The molecule has 0 fully saturated rings. The second kappa shape index (κ2) is 11.1. The van der Waals surface area contributed by atoms with Crippen LogP contribution in [0.25, 0.3) is 10.8 Å². The van der Waals surface area contributed by atoms with Gasteiger partial charge in [0.1, 0.15) is 22.9 Å². The van der Waals surface area contributed by atoms with Crippen LogP contribution in [0.1, 0.15) is 50.8 Å². The van der Waals surface area contributed by atoms with E-state index in [1.54, 1.807) is 7.11 Å². The number of carbonyl (C=O) groups excluding carboxylic acids is 1. The van der Waals surface area contributed by atoms with Gasteiger partial charge < -0.3 is 19.1 Å². The molecule has 1 unspecified atom stereocenters. The largest absolute Gasteiger partial charge is 0.497 e. The average molecular weight is 611 g/mol. The maximum atomic E-state index is 13.3. The Hall–Kier alpha value is -5.10. The predicted molar refractivity (Wildman–Crippen MR) is 184 cm³/mol. The predicted octanol–water partition coefficient (Wildman–Crippen LogP) is 8.76. The molecule has 0 amide bonds. The lowest BCUT2D eigenvalue weighted by Crippen LogP contribution is -2.62. The Morgan fingerprint density at radius 2 is 1.48 bits per heavy atom. The van der Waals surface area contributed by atoms with Crippen LogP contribution in [0.15, 0.2) is 114 Å². The van der Waals surface area contributed by atoms with Crippen LogP contribution < -0.4 is 19.1 Å². The van der Waals surface area contributed by atoms with E-state index in [2.05, 4.69) is 75.1 Å². The second-order valence-corrected chi connectivity index (χ2v) is 13.1. The van der Waals surface area contributed by atoms with Crippen molar-refractivity contribution < 1.29 is 19.0 Å². The Labute approximate surface area is 270 Å². The molecule has 7 rings (SSSR count). The number of hydrogen-bond acceptors (Lipinski definition) is 6. The van der Waals surface area contributed by atoms with Gasteiger partial charge in [0.2, 0.25) is 5.72 Å². The van der Waals surface area contributed by atoms with Gasteiger partial charge in [-0.05, 0) is 72.3 Å². The van der Waals surface area contributed by atoms with E-state index in [0.717, 1.165) is 44.8 Å². The molecular formula is C40H38N2O4. The highest BCUT2D eigenvalue weighted by molar-refractivity contribution is 6.00. The first kappa shape index (κ1) is 29.6. The molecule has 0 saturated carbocycles. The van der Waals surface area contributed by atoms with Crippen molar-refractivity contribution in [3.8, 4) is 17.2 Å². The normalized spacial score (nSPS) is 17.8. The van der Waals surface area contributed by atoms with E-state index in [1.165, 1.54) is 5.56 Å². The van der Waals surface area contributed by atoms with Crippen LogP contribution in [-0.2, 0) is 15.6 Å². The summed E-state index contributed by atoms with van der Waals surface area (Å²) in [4.78, 5) is 20.5. The van der Waals surface area contributed by atoms with Crippen LogP contribution in [0.3, 0.4) is 0 Å². The first-order valence-electron chi connectivity index (χ1n) is 15.7. The third-order valence-electron chi connectivity index (χ3n) is 9.82. The maximum absolute atomic E-state index is 13.3. The minimum atomic E-state index is -0.916. The number of ether oxygens (including phenoxy) is 3. The van der Waals surface area contributed by atoms with Gasteiger partial charge in [-0.3, -0.25) is 9.79 Å². The maximum Gasteiger partial charge on any atom is 0.312 e. The molecule has 0 bridgehead atoms. The standard InChI is InChI=1S/C40H38N2O4/c1-38(2,28-15-19-30(44-5)20-16-28)29-17-21-31(22-18-29)45-36(43)24-25-42-34-13-9-8-12-33(34)39(3,4)40(42)26-41-37-32-11-7-6-10-27(32)14-23-35(37)46-40/h6-23,26H,24-25H2,1-5H3. The van der Waals surface area contributed by atoms with Gasteiger partial charge >= 0.3 is 5.97 Å². The molecule has 5 aromatic carbocycles. The Kier molecular flexibility index (Phi) is 7.11. The number of methoxy groups -OCH3 is 1. The number of nitrogens with zero attached hydrogens (tertiary/aromatic N) is 2. The fourth-order valence-electron chi connectivity index (χ4n) is 6.94. The van der Waals surface area contributed by atoms with Gasteiger partial charge in [0.05, 0.1) is 25.2 Å². The molecular weight excluding hydrogens is 572 g/mol. The lowest BCUT2D eigenvalue weighted by molar-refractivity contribution is -0.134. The van der Waals surface area contributed by atoms with E-state index < -0.39 is 11.1 Å². The van der Waals surface area contributed by atoms with Crippen molar-refractivity contribution in [1.82, 2.24) is 0 Å². The first-order chi connectivity index (χ1) is 22.1. The third kappa shape index (κ3) is 4.71. The summed E-state index contributed by atoms with van der Waals surface area (Å²) in [6, 6.07) is 36.5. The molecule has 0 radical (unpaired) electrons. The smallest absolute Gasteiger partial charge is 0.312 e. The minimum absolute atomic E-state index is 0.174. The number of benzene rings is 5. The summed E-state index contributed by atoms with van der Waals surface area (Å²) in [6.07, 6.45) is 2.10. The second-order valence-electron chi connectivity index (χ2n) is 13.1. The Bertz CT molecular complexity index is 1960. The van der Waals surface area contributed by atoms with Gasteiger partial charge in [0.25, 0.3) is 0 Å². The third-order valence-corrected chi connectivity index (χ3v) is 9.82. The number of anilines is 1. The Morgan fingerprint density at radius 3 is 2.20 bits per heavy atom. The zero-order chi connectivity index (χ0) is 32.1. The Morgan fingerprint density at radius 1 is 0.826 bits per heavy atom. The Balaban J connectivity index is 1.11. The van der Waals surface area contributed by atoms with E-state index in [9.17, 15) is 4.79 Å². The molecule has 0 N–H and O–H groups in total. The van der Waals surface area contributed by atoms with Gasteiger partial charge in [-0.25, -0.2) is 0 Å². The molecule has 46 heavy (non-hydrogen) atoms. The van der Waals surface area contributed by atoms with Crippen molar-refractivity contribution >= 4 is 34.3 Å². The van der Waals surface area contributed by atoms with Crippen LogP contribution in [0.2, 0.25) is 0 Å². The number of hydrogen-bond donors (Lipinski definition) is 0. The van der Waals surface area contributed by atoms with Crippen molar-refractivity contribution in [2.75, 3.05) is 18.6 Å². The summed E-state index contributed by atoms with van der Waals surface area (Å²) in [7, 11) is 1.67. The van der Waals surface area contributed by atoms with Gasteiger partial charge in [-0.2, -0.15) is 0 Å². The topological polar surface area (TPSA) is 60.4 Å². The first-order valence-corrected chi connectivity index (χ1v) is 15.7. The van der Waals surface area contributed by atoms with Crippen molar-refractivity contribution in [1.29, 1.82) is 0 Å². The fraction of sp³-hybridized carbons (Fsp3) is 0.250. The summed E-state index contributed by atoms with van der Waals surface area (Å²) >= 11 is 0. The quantitative estimate of drug-likeness (QED) is 0.136. The van der Waals surface area contributed by atoms with E-state index in [1.807, 2.05) is 72.9 Å². The lowest BCUT2D eigenvalue weighted by atomic mass is 9.77. The molecule has 2 aliphatic heterocycles. The van der Waals surface area contributed by atoms with Crippen molar-refractivity contribution in [3.63, 3.8) is 0 Å². The number of esters is 1. The highest BCUT2D eigenvalue weighted by Crippen LogP contribution is 2.54. The van der Waals surface area contributed by atoms with Crippen LogP contribution in [0, 0.1) is 0 Å². The molecule has 0 aliphatic carbocycles. The van der Waals surface area contributed by atoms with Crippen LogP contribution in [0.4, 0.5) is 11.4 Å². The molecule has 1 atom stereocenters. The van der Waals surface area contributed by atoms with Crippen molar-refractivity contribution in [3.05, 3.63) is 126 Å². The summed E-state index contributed by atoms with van der Waals surface area (Å²) < 4.78 is 18.1. The lowest BCUT2D eigenvalue weighted by Gasteiger charge is -2.46. The highest BCUT2D eigenvalue weighted by atomic mass is 16.5. The van der Waals surface area contributed by atoms with Crippen LogP contribution >= 0.6 is 0 Å². The van der Waals surface area contributed by atoms with Crippen molar-refractivity contribution in [2.45, 2.75) is 50.7 Å². The number of fused-ring (bicyclic) bond motifs is 4. The molecule has 2 aliphatic rings. The summed E-state index contributed by atoms with van der Waals surface area (Å²) in [5.74, 6) is 1.77. The highest BCUT2D eigenvalue weighted by Gasteiger charge is 2.59. The molecule has 5 aromatic rings. The van der Waals surface area contributed by atoms with Gasteiger partial charge in [0.15, 0.2) is 0 Å². The van der Waals surface area contributed by atoms with E-state index in [0.29, 0.717) is 12.3 Å². The monoisotopic (exact) mass is 610 g/mol. The zero-order valence-electron chi connectivity index (χ0n) is 26.9. The average Bonchev–Trinajstić information content (AvgIpc) is 3.25. The zero-order valence-corrected chi connectivity index (χ0v) is 26.9. The molecule has 0 saturated heterocycles. The van der Waals surface area contributed by atoms with E-state index >= 15 is 0 Å². The molecule has 6 nitrogen and oxygen atoms in total. The van der Waals surface area contributed by atoms with Crippen LogP contribution in [0.5, 0.6) is 17.2 Å². The molecule has 232 valence electrons. The van der Waals surface area contributed by atoms with Gasteiger partial charge in [-0.15, -0.1) is 0 Å². The van der Waals surface area contributed by atoms with Gasteiger partial charge in [0, 0.05) is 23.0 Å². The number of aliphatic imine (C=N–C) groups is 1. The minimum Gasteiger partial charge on any atom is -0.497 e. The molecule has 1 spiro atoms. The fourth-order valence-corrected chi connectivity index (χ4v) is 6.94. The van der Waals surface area contributed by atoms with Gasteiger partial charge in [-0.1, -0.05) is 86.6 Å². The molecule has 0 aromatic heterocycles.